The maximum atomic E-state index is 14.1. The number of hydrogen-bond donors (Lipinski definition) is 1. The van der Waals surface area contributed by atoms with Crippen LogP contribution in [0.5, 0.6) is 0 Å². The van der Waals surface area contributed by atoms with Gasteiger partial charge in [0, 0.05) is 22.9 Å². The summed E-state index contributed by atoms with van der Waals surface area (Å²) < 4.78 is 50.8. The lowest BCUT2D eigenvalue weighted by Crippen LogP contribution is -2.49. The van der Waals surface area contributed by atoms with E-state index in [4.69, 9.17) is 4.43 Å². The van der Waals surface area contributed by atoms with Crippen molar-refractivity contribution in [2.24, 2.45) is 0 Å². The third-order valence-electron chi connectivity index (χ3n) is 9.24. The lowest BCUT2D eigenvalue weighted by Gasteiger charge is -2.41. The molecule has 0 unspecified atom stereocenters. The number of benzene rings is 3. The number of rotatable bonds is 11. The third kappa shape index (κ3) is 6.16. The molecule has 5 aromatic rings. The highest BCUT2D eigenvalue weighted by molar-refractivity contribution is 7.90. The van der Waals surface area contributed by atoms with Crippen molar-refractivity contribution >= 4 is 46.1 Å². The second-order valence-corrected chi connectivity index (χ2v) is 20.9. The first kappa shape index (κ1) is 34.5. The summed E-state index contributed by atoms with van der Waals surface area (Å²) in [5.74, 6) is -0.698. The minimum atomic E-state index is -4.02. The molecule has 0 saturated carbocycles. The lowest BCUT2D eigenvalue weighted by molar-refractivity contribution is -0.135. The second-order valence-electron chi connectivity index (χ2n) is 13.7. The van der Waals surface area contributed by atoms with Gasteiger partial charge in [-0.2, -0.15) is 17.6 Å². The van der Waals surface area contributed by atoms with Crippen molar-refractivity contribution in [1.29, 1.82) is 0 Å². The Morgan fingerprint density at radius 2 is 1.53 bits per heavy atom. The zero-order chi connectivity index (χ0) is 34.5. The van der Waals surface area contributed by atoms with Gasteiger partial charge in [-0.15, -0.1) is 0 Å². The fraction of sp³-hybridized carbons (Fsp3) is 0.389. The quantitative estimate of drug-likeness (QED) is 0.141. The smallest absolute Gasteiger partial charge is 0.292 e. The van der Waals surface area contributed by atoms with Crippen molar-refractivity contribution in [1.82, 2.24) is 13.8 Å². The summed E-state index contributed by atoms with van der Waals surface area (Å²) in [7, 11) is -6.52. The first-order valence-electron chi connectivity index (χ1n) is 16.1. The van der Waals surface area contributed by atoms with Crippen LogP contribution in [0, 0.1) is 5.82 Å². The predicted molar refractivity (Wildman–Crippen MR) is 186 cm³/mol. The van der Waals surface area contributed by atoms with Crippen LogP contribution < -0.4 is 0 Å². The molecule has 250 valence electrons. The van der Waals surface area contributed by atoms with Crippen LogP contribution in [0.1, 0.15) is 73.1 Å². The maximum Gasteiger partial charge on any atom is 0.292 e. The molecule has 1 N–H and O–H groups in total. The lowest BCUT2D eigenvalue weighted by atomic mass is 9.96. The largest absolute Gasteiger partial charge is 0.518 e. The van der Waals surface area contributed by atoms with Gasteiger partial charge in [-0.05, 0) is 91.0 Å². The Hall–Kier alpha value is -3.80. The molecule has 47 heavy (non-hydrogen) atoms. The molecule has 11 heteroatoms. The minimum Gasteiger partial charge on any atom is -0.518 e. The molecule has 0 amide bonds. The van der Waals surface area contributed by atoms with E-state index < -0.39 is 29.8 Å². The van der Waals surface area contributed by atoms with Crippen molar-refractivity contribution < 1.29 is 27.1 Å². The SMILES string of the molecule is CC(C)[Si](OC(=O)CCc1c(C(C)(C)O)n(-c2ccc(F)cc2)c2cc3cnn(S(=O)(=O)c4ccccc4)c3cc12)(C(C)C)C(C)C. The monoisotopic (exact) mass is 677 g/mol. The average molecular weight is 678 g/mol. The number of hydrogen-bond acceptors (Lipinski definition) is 6. The highest BCUT2D eigenvalue weighted by atomic mass is 32.2. The van der Waals surface area contributed by atoms with E-state index in [2.05, 4.69) is 46.6 Å². The summed E-state index contributed by atoms with van der Waals surface area (Å²) in [5.41, 5.74) is 2.09. The van der Waals surface area contributed by atoms with Crippen molar-refractivity contribution in [2.75, 3.05) is 0 Å². The van der Waals surface area contributed by atoms with E-state index in [1.807, 2.05) is 10.6 Å². The molecule has 0 radical (unpaired) electrons. The van der Waals surface area contributed by atoms with Crippen LogP contribution in [0.25, 0.3) is 27.5 Å². The molecule has 0 saturated heterocycles. The van der Waals surface area contributed by atoms with E-state index in [-0.39, 0.29) is 40.3 Å². The summed E-state index contributed by atoms with van der Waals surface area (Å²) in [6, 6.07) is 17.6. The van der Waals surface area contributed by atoms with Gasteiger partial charge < -0.3 is 14.1 Å². The Labute approximate surface area is 277 Å². The second kappa shape index (κ2) is 12.7. The fourth-order valence-corrected chi connectivity index (χ4v) is 13.8. The van der Waals surface area contributed by atoms with E-state index >= 15 is 0 Å². The molecule has 0 bridgehead atoms. The van der Waals surface area contributed by atoms with Crippen molar-refractivity contribution in [3.05, 3.63) is 90.0 Å². The highest BCUT2D eigenvalue weighted by Crippen LogP contribution is 2.43. The molecule has 0 spiro atoms. The fourth-order valence-electron chi connectivity index (χ4n) is 7.32. The van der Waals surface area contributed by atoms with E-state index in [0.717, 1.165) is 4.09 Å². The number of aliphatic hydroxyl groups is 1. The molecular formula is C36H44FN3O5SSi. The number of carbonyl (C=O) groups excluding carboxylic acids is 1. The van der Waals surface area contributed by atoms with E-state index in [1.165, 1.54) is 30.5 Å². The molecule has 0 fully saturated rings. The molecule has 2 aromatic heterocycles. The van der Waals surface area contributed by atoms with E-state index in [0.29, 0.717) is 38.8 Å². The van der Waals surface area contributed by atoms with Crippen LogP contribution in [-0.2, 0) is 31.3 Å². The standard InChI is InChI=1S/C36H44FN3O5SSi/c1-23(2)47(24(3)4,25(5)6)45-34(41)19-18-30-31-21-32-26(22-38-40(32)46(43,44)29-12-10-9-11-13-29)20-33(31)39(35(30)36(7,8)42)28-16-14-27(37)15-17-28/h9-17,20-25,42H,18-19H2,1-8H3. The van der Waals surface area contributed by atoms with Crippen LogP contribution in [0.2, 0.25) is 16.6 Å². The average Bonchev–Trinajstić information content (AvgIpc) is 3.57. The summed E-state index contributed by atoms with van der Waals surface area (Å²) in [4.78, 5) is 13.8. The van der Waals surface area contributed by atoms with Crippen LogP contribution in [0.4, 0.5) is 4.39 Å². The molecule has 5 rings (SSSR count). The van der Waals surface area contributed by atoms with Gasteiger partial charge in [0.1, 0.15) is 5.82 Å². The van der Waals surface area contributed by atoms with Gasteiger partial charge in [0.05, 0.1) is 33.4 Å². The Morgan fingerprint density at radius 1 is 0.936 bits per heavy atom. The van der Waals surface area contributed by atoms with Gasteiger partial charge in [0.25, 0.3) is 24.3 Å². The first-order chi connectivity index (χ1) is 22.0. The number of fused-ring (bicyclic) bond motifs is 2. The summed E-state index contributed by atoms with van der Waals surface area (Å²) in [6.07, 6.45) is 1.78. The summed E-state index contributed by atoms with van der Waals surface area (Å²) >= 11 is 0. The van der Waals surface area contributed by atoms with Gasteiger partial charge >= 0.3 is 0 Å². The van der Waals surface area contributed by atoms with Crippen LogP contribution in [0.15, 0.2) is 77.8 Å². The van der Waals surface area contributed by atoms with Crippen LogP contribution >= 0.6 is 0 Å². The zero-order valence-corrected chi connectivity index (χ0v) is 30.1. The number of aryl methyl sites for hydroxylation is 1. The Morgan fingerprint density at radius 3 is 2.09 bits per heavy atom. The topological polar surface area (TPSA) is 103 Å². The summed E-state index contributed by atoms with van der Waals surface area (Å²) in [5, 5.41) is 17.1. The minimum absolute atomic E-state index is 0.0616. The van der Waals surface area contributed by atoms with Crippen LogP contribution in [0.3, 0.4) is 0 Å². The van der Waals surface area contributed by atoms with Gasteiger partial charge in [-0.1, -0.05) is 59.7 Å². The third-order valence-corrected chi connectivity index (χ3v) is 16.8. The number of nitrogens with zero attached hydrogens (tertiary/aromatic N) is 3. The maximum absolute atomic E-state index is 14.1. The zero-order valence-electron chi connectivity index (χ0n) is 28.3. The molecule has 3 aromatic carbocycles. The number of carbonyl (C=O) groups is 1. The Balaban J connectivity index is 1.72. The molecule has 8 nitrogen and oxygen atoms in total. The molecule has 0 aliphatic carbocycles. The number of halogens is 1. The Bertz CT molecular complexity index is 2000. The van der Waals surface area contributed by atoms with Gasteiger partial charge in [-0.3, -0.25) is 4.79 Å². The first-order valence-corrected chi connectivity index (χ1v) is 19.6. The van der Waals surface area contributed by atoms with Crippen molar-refractivity contribution in [2.45, 2.75) is 95.4 Å². The normalized spacial score (nSPS) is 13.0. The van der Waals surface area contributed by atoms with Gasteiger partial charge in [0.15, 0.2) is 0 Å². The van der Waals surface area contributed by atoms with E-state index in [1.54, 1.807) is 50.2 Å². The Kier molecular flexibility index (Phi) is 9.30. The number of aromatic nitrogens is 3. The van der Waals surface area contributed by atoms with Crippen molar-refractivity contribution in [3.8, 4) is 5.69 Å². The van der Waals surface area contributed by atoms with Gasteiger partial charge in [-0.25, -0.2) is 4.39 Å². The molecular weight excluding hydrogens is 634 g/mol. The van der Waals surface area contributed by atoms with Gasteiger partial charge in [0.2, 0.25) is 0 Å². The van der Waals surface area contributed by atoms with Crippen LogP contribution in [-0.4, -0.2) is 41.6 Å². The molecule has 0 aliphatic rings. The summed E-state index contributed by atoms with van der Waals surface area (Å²) in [6.45, 7) is 16.1. The molecule has 0 atom stereocenters. The van der Waals surface area contributed by atoms with Crippen molar-refractivity contribution in [3.63, 3.8) is 0 Å². The molecule has 0 aliphatic heterocycles. The molecule has 2 heterocycles. The van der Waals surface area contributed by atoms with E-state index in [9.17, 15) is 22.7 Å². The highest BCUT2D eigenvalue weighted by Gasteiger charge is 2.48. The predicted octanol–water partition coefficient (Wildman–Crippen LogP) is 8.24.